The van der Waals surface area contributed by atoms with Crippen LogP contribution in [0.1, 0.15) is 80.1 Å². The number of Topliss-reactive ketones (excluding diaryl/α,β-unsaturated/α-hetero) is 3. The summed E-state index contributed by atoms with van der Waals surface area (Å²) in [7, 11) is 0. The summed E-state index contributed by atoms with van der Waals surface area (Å²) in [6.45, 7) is 11.5. The van der Waals surface area contributed by atoms with E-state index >= 15 is 0 Å². The molecule has 43 heavy (non-hydrogen) atoms. The molecule has 0 bridgehead atoms. The van der Waals surface area contributed by atoms with Crippen LogP contribution in [-0.2, 0) is 28.8 Å². The maximum Gasteiger partial charge on any atom is 0.291 e. The van der Waals surface area contributed by atoms with Crippen molar-refractivity contribution >= 4 is 80.7 Å². The van der Waals surface area contributed by atoms with E-state index in [1.54, 1.807) is 27.7 Å². The first-order valence-corrected chi connectivity index (χ1v) is 15.2. The number of likely N-dealkylation sites (tertiary alicyclic amines) is 2. The minimum absolute atomic E-state index is 0.0187. The van der Waals surface area contributed by atoms with Gasteiger partial charge < -0.3 is 32.0 Å². The number of hydrazine groups is 1. The second-order valence-electron chi connectivity index (χ2n) is 11.4. The summed E-state index contributed by atoms with van der Waals surface area (Å²) >= 11 is 14.3. The van der Waals surface area contributed by atoms with Crippen molar-refractivity contribution < 1.29 is 28.8 Å². The molecule has 0 saturated carbocycles. The Kier molecular flexibility index (Phi) is 17.0. The van der Waals surface area contributed by atoms with E-state index in [2.05, 4.69) is 35.6 Å². The van der Waals surface area contributed by atoms with E-state index < -0.39 is 51.5 Å². The lowest BCUT2D eigenvalue weighted by Crippen LogP contribution is -2.49. The lowest BCUT2D eigenvalue weighted by atomic mass is 9.84. The van der Waals surface area contributed by atoms with Gasteiger partial charge in [-0.2, -0.15) is 0 Å². The van der Waals surface area contributed by atoms with Gasteiger partial charge in [-0.3, -0.25) is 28.8 Å². The fraction of sp³-hybridized carbons (Fsp3) is 0.704. The Hall–Kier alpha value is -2.75. The van der Waals surface area contributed by atoms with Crippen LogP contribution in [0.5, 0.6) is 0 Å². The number of nitrogens with two attached hydrogens (primary N) is 3. The molecule has 0 radical (unpaired) electrons. The number of carbonyl (C=O) groups is 6. The van der Waals surface area contributed by atoms with Crippen LogP contribution in [-0.4, -0.2) is 86.1 Å². The maximum absolute atomic E-state index is 12.4. The molecule has 0 unspecified atom stereocenters. The third-order valence-corrected chi connectivity index (χ3v) is 8.14. The lowest BCUT2D eigenvalue weighted by molar-refractivity contribution is -0.151. The summed E-state index contributed by atoms with van der Waals surface area (Å²) in [5, 5.41) is 2.19. The molecule has 2 aliphatic rings. The van der Waals surface area contributed by atoms with Gasteiger partial charge in [-0.1, -0.05) is 41.5 Å². The number of nitrogens with zero attached hydrogens (tertiary/aromatic N) is 2. The minimum Gasteiger partial charge on any atom is -0.376 e. The average molecular weight is 664 g/mol. The molecule has 0 aromatic carbocycles. The molecule has 2 aliphatic heterocycles. The second-order valence-corrected chi connectivity index (χ2v) is 12.7. The van der Waals surface area contributed by atoms with Crippen LogP contribution in [0.4, 0.5) is 0 Å². The fourth-order valence-electron chi connectivity index (χ4n) is 4.04. The van der Waals surface area contributed by atoms with Gasteiger partial charge in [0.05, 0.1) is 12.6 Å². The van der Waals surface area contributed by atoms with E-state index in [9.17, 15) is 28.8 Å². The second kappa shape index (κ2) is 18.1. The van der Waals surface area contributed by atoms with Crippen molar-refractivity contribution in [1.82, 2.24) is 20.5 Å². The van der Waals surface area contributed by atoms with Gasteiger partial charge in [0.2, 0.25) is 16.8 Å². The van der Waals surface area contributed by atoms with Crippen LogP contribution in [0.2, 0.25) is 0 Å². The molecule has 0 aromatic heterocycles. The lowest BCUT2D eigenvalue weighted by Gasteiger charge is -2.27. The van der Waals surface area contributed by atoms with Gasteiger partial charge in [0, 0.05) is 23.9 Å². The molecule has 244 valence electrons. The molecule has 2 atom stereocenters. The largest absolute Gasteiger partial charge is 0.376 e. The first kappa shape index (κ1) is 40.2. The number of ketones is 3. The van der Waals surface area contributed by atoms with Crippen LogP contribution in [0, 0.1) is 10.8 Å². The molecular weight excluding hydrogens is 618 g/mol. The Morgan fingerprint density at radius 1 is 0.791 bits per heavy atom. The fourth-order valence-corrected chi connectivity index (χ4v) is 4.34. The first-order chi connectivity index (χ1) is 19.8. The van der Waals surface area contributed by atoms with Crippen LogP contribution in [0.15, 0.2) is 0 Å². The van der Waals surface area contributed by atoms with Crippen LogP contribution >= 0.6 is 36.0 Å². The predicted octanol–water partition coefficient (Wildman–Crippen LogP) is 0.826. The Balaban J connectivity index is 0.000000720. The summed E-state index contributed by atoms with van der Waals surface area (Å²) in [4.78, 5) is 74.6. The summed E-state index contributed by atoms with van der Waals surface area (Å²) < 4.78 is 0. The number of rotatable bonds is 10. The van der Waals surface area contributed by atoms with E-state index in [1.165, 1.54) is 9.80 Å². The standard InChI is InChI=1S/C14H23N3O3S.C12H18ClNO3.CH5N3S/c1-4-14(2,3)11(19)12(20)17-7-5-6-9(17)10(18)8-16-13(15)21;1-4-12(2,3)9(15)11(17)14-7-5-6-8(14)10(13)16;2-1(5)4-3/h9H,4-8H2,1-3H3,(H3,15,16,21);8H,4-7H2,1-3H3;3H2,(H3,2,4,5)/t9-;8-;/m00./s1. The highest BCUT2D eigenvalue weighted by Gasteiger charge is 2.42. The normalized spacial score (nSPS) is 17.9. The molecular formula is C27H46ClN7O6S2. The quantitative estimate of drug-likeness (QED) is 0.0721. The topological polar surface area (TPSA) is 211 Å². The number of hydrogen-bond donors (Lipinski definition) is 5. The number of halogens is 1. The number of carbonyl (C=O) groups excluding carboxylic acids is 6. The minimum atomic E-state index is -0.704. The molecule has 2 heterocycles. The Morgan fingerprint density at radius 3 is 1.49 bits per heavy atom. The molecule has 2 amide bonds. The molecule has 13 nitrogen and oxygen atoms in total. The Bertz CT molecular complexity index is 1090. The molecule has 0 aromatic rings. The van der Waals surface area contributed by atoms with E-state index in [4.69, 9.17) is 23.1 Å². The van der Waals surface area contributed by atoms with Crippen molar-refractivity contribution in [1.29, 1.82) is 0 Å². The third-order valence-electron chi connectivity index (χ3n) is 7.63. The average Bonchev–Trinajstić information content (AvgIpc) is 3.65. The van der Waals surface area contributed by atoms with Crippen molar-refractivity contribution in [3.05, 3.63) is 0 Å². The van der Waals surface area contributed by atoms with Gasteiger partial charge in [-0.05, 0) is 74.6 Å². The summed E-state index contributed by atoms with van der Waals surface area (Å²) in [5.41, 5.74) is 10.7. The SMILES string of the molecule is CCC(C)(C)C(=O)C(=O)N1CCC[C@H]1C(=O)CNC(N)=S.CCC(C)(C)C(=O)C(=O)N1CCC[C@H]1C(=O)Cl.NNC(N)=S. The zero-order valence-electron chi connectivity index (χ0n) is 25.8. The zero-order chi connectivity index (χ0) is 33.7. The van der Waals surface area contributed by atoms with Crippen molar-refractivity contribution in [2.45, 2.75) is 92.2 Å². The molecule has 16 heteroatoms. The number of nitrogens with one attached hydrogen (secondary N) is 2. The highest BCUT2D eigenvalue weighted by molar-refractivity contribution is 7.80. The number of hydrogen-bond acceptors (Lipinski definition) is 9. The zero-order valence-corrected chi connectivity index (χ0v) is 28.2. The molecule has 2 fully saturated rings. The van der Waals surface area contributed by atoms with Gasteiger partial charge in [0.15, 0.2) is 16.0 Å². The van der Waals surface area contributed by atoms with E-state index in [1.807, 2.05) is 19.3 Å². The third kappa shape index (κ3) is 12.4. The van der Waals surface area contributed by atoms with Crippen molar-refractivity contribution in [3.8, 4) is 0 Å². The van der Waals surface area contributed by atoms with Gasteiger partial charge in [-0.15, -0.1) is 0 Å². The summed E-state index contributed by atoms with van der Waals surface area (Å²) in [6, 6.07) is -1.18. The number of thiocarbonyl (C=S) groups is 2. The highest BCUT2D eigenvalue weighted by atomic mass is 35.5. The highest BCUT2D eigenvalue weighted by Crippen LogP contribution is 2.27. The molecule has 0 spiro atoms. The van der Waals surface area contributed by atoms with E-state index in [-0.39, 0.29) is 22.6 Å². The molecule has 2 saturated heterocycles. The molecule has 0 aliphatic carbocycles. The van der Waals surface area contributed by atoms with E-state index in [0.29, 0.717) is 45.2 Å². The van der Waals surface area contributed by atoms with Crippen LogP contribution in [0.25, 0.3) is 0 Å². The van der Waals surface area contributed by atoms with Crippen molar-refractivity contribution in [2.24, 2.45) is 28.1 Å². The van der Waals surface area contributed by atoms with E-state index in [0.717, 1.165) is 6.42 Å². The smallest absolute Gasteiger partial charge is 0.291 e. The predicted molar refractivity (Wildman–Crippen MR) is 172 cm³/mol. The van der Waals surface area contributed by atoms with Gasteiger partial charge >= 0.3 is 0 Å². The van der Waals surface area contributed by atoms with Gasteiger partial charge in [-0.25, -0.2) is 5.84 Å². The van der Waals surface area contributed by atoms with Crippen molar-refractivity contribution in [2.75, 3.05) is 19.6 Å². The van der Waals surface area contributed by atoms with Crippen molar-refractivity contribution in [3.63, 3.8) is 0 Å². The molecule has 2 rings (SSSR count). The first-order valence-electron chi connectivity index (χ1n) is 14.0. The Morgan fingerprint density at radius 2 is 1.16 bits per heavy atom. The summed E-state index contributed by atoms with van der Waals surface area (Å²) in [6.07, 6.45) is 3.72. The summed E-state index contributed by atoms with van der Waals surface area (Å²) in [5.74, 6) is 2.47. The maximum atomic E-state index is 12.4. The van der Waals surface area contributed by atoms with Gasteiger partial charge in [0.25, 0.3) is 11.8 Å². The Labute approximate surface area is 269 Å². The van der Waals surface area contributed by atoms with Crippen LogP contribution in [0.3, 0.4) is 0 Å². The monoisotopic (exact) mass is 663 g/mol. The number of amides is 2. The molecule has 8 N–H and O–H groups in total. The van der Waals surface area contributed by atoms with Crippen LogP contribution < -0.4 is 28.1 Å². The van der Waals surface area contributed by atoms with Gasteiger partial charge in [0.1, 0.15) is 6.04 Å².